The number of aromatic nitrogens is 3. The number of aliphatic imine (C=N–C) groups is 1. The smallest absolute Gasteiger partial charge is 0.232 e. The van der Waals surface area contributed by atoms with Gasteiger partial charge in [0.25, 0.3) is 0 Å². The standard InChI is InChI=1S/C18H24BrN7O.HI/c1-20-17(22-8-6-14-5-3-4-7-21-14)25-9-11-26(12-10-25)18-23-13-15(19)16(24-18)27-2;/h3-5,7,13H,6,8-12H2,1-2H3,(H,20,22);1H. The molecule has 0 aromatic carbocycles. The van der Waals surface area contributed by atoms with Gasteiger partial charge in [0.2, 0.25) is 11.8 Å². The zero-order chi connectivity index (χ0) is 19.1. The topological polar surface area (TPSA) is 78.8 Å². The van der Waals surface area contributed by atoms with Crippen LogP contribution in [0.2, 0.25) is 0 Å². The van der Waals surface area contributed by atoms with Crippen LogP contribution in [0, 0.1) is 0 Å². The van der Waals surface area contributed by atoms with Crippen LogP contribution in [0.5, 0.6) is 5.88 Å². The quantitative estimate of drug-likeness (QED) is 0.340. The molecular weight excluding hydrogens is 537 g/mol. The van der Waals surface area contributed by atoms with Crippen LogP contribution in [0.4, 0.5) is 5.95 Å². The molecule has 152 valence electrons. The third-order valence-electron chi connectivity index (χ3n) is 4.36. The third-order valence-corrected chi connectivity index (χ3v) is 4.90. The normalized spacial score (nSPS) is 14.5. The molecule has 0 unspecified atom stereocenters. The first-order valence-corrected chi connectivity index (χ1v) is 9.67. The number of piperazine rings is 1. The number of hydrogen-bond acceptors (Lipinski definition) is 6. The lowest BCUT2D eigenvalue weighted by molar-refractivity contribution is 0.366. The highest BCUT2D eigenvalue weighted by molar-refractivity contribution is 14.0. The second-order valence-corrected chi connectivity index (χ2v) is 6.90. The molecule has 3 heterocycles. The van der Waals surface area contributed by atoms with Gasteiger partial charge in [-0.3, -0.25) is 9.98 Å². The van der Waals surface area contributed by atoms with Gasteiger partial charge >= 0.3 is 0 Å². The van der Waals surface area contributed by atoms with Crippen molar-refractivity contribution in [3.63, 3.8) is 0 Å². The Labute approximate surface area is 191 Å². The molecule has 0 bridgehead atoms. The first kappa shape index (κ1) is 22.6. The van der Waals surface area contributed by atoms with E-state index >= 15 is 0 Å². The summed E-state index contributed by atoms with van der Waals surface area (Å²) in [7, 11) is 3.42. The number of guanidine groups is 1. The van der Waals surface area contributed by atoms with Crippen LogP contribution < -0.4 is 15.0 Å². The number of hydrogen-bond donors (Lipinski definition) is 1. The van der Waals surface area contributed by atoms with E-state index in [0.717, 1.165) is 55.3 Å². The van der Waals surface area contributed by atoms with Crippen LogP contribution in [-0.2, 0) is 6.42 Å². The fourth-order valence-electron chi connectivity index (χ4n) is 2.94. The van der Waals surface area contributed by atoms with Crippen LogP contribution in [-0.4, -0.2) is 72.7 Å². The van der Waals surface area contributed by atoms with E-state index < -0.39 is 0 Å². The zero-order valence-corrected chi connectivity index (χ0v) is 19.9. The third kappa shape index (κ3) is 5.90. The number of rotatable bonds is 5. The lowest BCUT2D eigenvalue weighted by atomic mass is 10.3. The van der Waals surface area contributed by atoms with Gasteiger partial charge < -0.3 is 19.9 Å². The molecule has 3 rings (SSSR count). The minimum absolute atomic E-state index is 0. The van der Waals surface area contributed by atoms with Crippen molar-refractivity contribution in [3.8, 4) is 5.88 Å². The van der Waals surface area contributed by atoms with Crippen LogP contribution in [0.3, 0.4) is 0 Å². The fraction of sp³-hybridized carbons (Fsp3) is 0.444. The summed E-state index contributed by atoms with van der Waals surface area (Å²) in [5.74, 6) is 2.15. The lowest BCUT2D eigenvalue weighted by Gasteiger charge is -2.36. The highest BCUT2D eigenvalue weighted by Gasteiger charge is 2.22. The summed E-state index contributed by atoms with van der Waals surface area (Å²) < 4.78 is 6.02. The van der Waals surface area contributed by atoms with Crippen LogP contribution >= 0.6 is 39.9 Å². The van der Waals surface area contributed by atoms with Crippen LogP contribution in [0.1, 0.15) is 5.69 Å². The predicted octanol–water partition coefficient (Wildman–Crippen LogP) is 2.20. The van der Waals surface area contributed by atoms with E-state index in [4.69, 9.17) is 4.74 Å². The average molecular weight is 562 g/mol. The highest BCUT2D eigenvalue weighted by atomic mass is 127. The number of pyridine rings is 1. The van der Waals surface area contributed by atoms with Crippen molar-refractivity contribution in [2.45, 2.75) is 6.42 Å². The van der Waals surface area contributed by atoms with E-state index in [9.17, 15) is 0 Å². The molecule has 2 aromatic rings. The molecule has 0 amide bonds. The van der Waals surface area contributed by atoms with E-state index in [1.165, 1.54) is 0 Å². The molecule has 0 aliphatic carbocycles. The van der Waals surface area contributed by atoms with Crippen molar-refractivity contribution in [1.82, 2.24) is 25.2 Å². The summed E-state index contributed by atoms with van der Waals surface area (Å²) >= 11 is 3.39. The molecule has 28 heavy (non-hydrogen) atoms. The summed E-state index contributed by atoms with van der Waals surface area (Å²) in [5.41, 5.74) is 1.08. The molecule has 1 aliphatic heterocycles. The Kier molecular flexibility index (Phi) is 9.16. The second-order valence-electron chi connectivity index (χ2n) is 6.05. The Bertz CT molecular complexity index is 770. The van der Waals surface area contributed by atoms with Crippen molar-refractivity contribution in [2.24, 2.45) is 4.99 Å². The van der Waals surface area contributed by atoms with E-state index in [1.807, 2.05) is 31.4 Å². The monoisotopic (exact) mass is 561 g/mol. The Morgan fingerprint density at radius 2 is 2.04 bits per heavy atom. The molecule has 8 nitrogen and oxygen atoms in total. The minimum Gasteiger partial charge on any atom is -0.480 e. The van der Waals surface area contributed by atoms with Crippen molar-refractivity contribution < 1.29 is 4.74 Å². The maximum atomic E-state index is 5.26. The van der Waals surface area contributed by atoms with E-state index in [0.29, 0.717) is 11.8 Å². The molecule has 1 fully saturated rings. The number of halogens is 2. The minimum atomic E-state index is 0. The molecule has 1 aliphatic rings. The molecule has 2 aromatic heterocycles. The summed E-state index contributed by atoms with van der Waals surface area (Å²) in [5, 5.41) is 3.43. The zero-order valence-electron chi connectivity index (χ0n) is 16.0. The molecular formula is C18H25BrIN7O. The predicted molar refractivity (Wildman–Crippen MR) is 125 cm³/mol. The van der Waals surface area contributed by atoms with E-state index in [2.05, 4.69) is 51.0 Å². The lowest BCUT2D eigenvalue weighted by Crippen LogP contribution is -2.53. The van der Waals surface area contributed by atoms with Gasteiger partial charge in [-0.05, 0) is 28.1 Å². The van der Waals surface area contributed by atoms with Gasteiger partial charge in [0.1, 0.15) is 0 Å². The van der Waals surface area contributed by atoms with Crippen molar-refractivity contribution in [2.75, 3.05) is 51.8 Å². The number of anilines is 1. The van der Waals surface area contributed by atoms with Gasteiger partial charge in [0, 0.05) is 58.1 Å². The summed E-state index contributed by atoms with van der Waals surface area (Å²) in [6, 6.07) is 5.98. The molecule has 0 atom stereocenters. The highest BCUT2D eigenvalue weighted by Crippen LogP contribution is 2.23. The molecule has 0 radical (unpaired) electrons. The van der Waals surface area contributed by atoms with E-state index in [-0.39, 0.29) is 24.0 Å². The molecule has 0 saturated carbocycles. The van der Waals surface area contributed by atoms with Gasteiger partial charge in [0.05, 0.1) is 17.8 Å². The van der Waals surface area contributed by atoms with Gasteiger partial charge in [-0.1, -0.05) is 6.07 Å². The summed E-state index contributed by atoms with van der Waals surface area (Å²) in [4.78, 5) is 22.0. The fourth-order valence-corrected chi connectivity index (χ4v) is 3.29. The van der Waals surface area contributed by atoms with Gasteiger partial charge in [0.15, 0.2) is 5.96 Å². The first-order chi connectivity index (χ1) is 13.2. The molecule has 0 spiro atoms. The molecule has 1 N–H and O–H groups in total. The number of nitrogens with one attached hydrogen (secondary N) is 1. The number of ether oxygens (including phenoxy) is 1. The SMILES string of the molecule is CN=C(NCCc1ccccn1)N1CCN(c2ncc(Br)c(OC)n2)CC1.I. The maximum absolute atomic E-state index is 5.26. The Balaban J connectivity index is 0.00000280. The largest absolute Gasteiger partial charge is 0.480 e. The van der Waals surface area contributed by atoms with Crippen LogP contribution in [0.15, 0.2) is 40.1 Å². The molecule has 1 saturated heterocycles. The summed E-state index contributed by atoms with van der Waals surface area (Å²) in [6.45, 7) is 4.16. The van der Waals surface area contributed by atoms with Gasteiger partial charge in [-0.2, -0.15) is 4.98 Å². The van der Waals surface area contributed by atoms with Gasteiger partial charge in [-0.15, -0.1) is 24.0 Å². The summed E-state index contributed by atoms with van der Waals surface area (Å²) in [6.07, 6.45) is 4.42. The van der Waals surface area contributed by atoms with Crippen LogP contribution in [0.25, 0.3) is 0 Å². The Morgan fingerprint density at radius 3 is 2.68 bits per heavy atom. The first-order valence-electron chi connectivity index (χ1n) is 8.88. The van der Waals surface area contributed by atoms with Gasteiger partial charge in [-0.25, -0.2) is 4.98 Å². The number of nitrogens with zero attached hydrogens (tertiary/aromatic N) is 6. The molecule has 10 heteroatoms. The van der Waals surface area contributed by atoms with Crippen molar-refractivity contribution in [3.05, 3.63) is 40.8 Å². The maximum Gasteiger partial charge on any atom is 0.232 e. The average Bonchev–Trinajstić information content (AvgIpc) is 2.73. The number of methoxy groups -OCH3 is 1. The van der Waals surface area contributed by atoms with Crippen molar-refractivity contribution >= 4 is 51.8 Å². The van der Waals surface area contributed by atoms with Crippen molar-refractivity contribution in [1.29, 1.82) is 0 Å². The second kappa shape index (κ2) is 11.3. The van der Waals surface area contributed by atoms with E-state index in [1.54, 1.807) is 13.3 Å². The Morgan fingerprint density at radius 1 is 1.25 bits per heavy atom. The Hall–Kier alpha value is -1.69.